The Morgan fingerprint density at radius 3 is 2.35 bits per heavy atom. The van der Waals surface area contributed by atoms with Gasteiger partial charge in [0.1, 0.15) is 5.75 Å². The molecule has 2 rings (SSSR count). The van der Waals surface area contributed by atoms with Gasteiger partial charge >= 0.3 is 0 Å². The van der Waals surface area contributed by atoms with Gasteiger partial charge < -0.3 is 4.74 Å². The lowest BCUT2D eigenvalue weighted by Crippen LogP contribution is -2.03. The van der Waals surface area contributed by atoms with E-state index in [1.54, 1.807) is 18.4 Å². The van der Waals surface area contributed by atoms with Gasteiger partial charge in [0, 0.05) is 15.6 Å². The van der Waals surface area contributed by atoms with Gasteiger partial charge in [-0.3, -0.25) is 0 Å². The molecule has 108 valence electrons. The summed E-state index contributed by atoms with van der Waals surface area (Å²) in [5.74, 6) is 0.847. The van der Waals surface area contributed by atoms with Crippen LogP contribution in [0.2, 0.25) is 0 Å². The number of rotatable bonds is 3. The van der Waals surface area contributed by atoms with Crippen LogP contribution in [0.1, 0.15) is 27.6 Å². The number of methoxy groups -OCH3 is 1. The molecule has 0 fully saturated rings. The van der Waals surface area contributed by atoms with Crippen LogP contribution < -0.4 is 4.74 Å². The van der Waals surface area contributed by atoms with Gasteiger partial charge in [0.05, 0.1) is 20.1 Å². The fourth-order valence-electron chi connectivity index (χ4n) is 2.13. The summed E-state index contributed by atoms with van der Waals surface area (Å²) in [5.41, 5.74) is 4.21. The minimum absolute atomic E-state index is 0.266. The van der Waals surface area contributed by atoms with Gasteiger partial charge in [0.2, 0.25) is 0 Å². The van der Waals surface area contributed by atoms with E-state index < -0.39 is 0 Å². The second kappa shape index (κ2) is 6.69. The fourth-order valence-corrected chi connectivity index (χ4v) is 6.22. The highest BCUT2D eigenvalue weighted by molar-refractivity contribution is 9.12. The molecule has 1 nitrogen and oxygen atoms in total. The van der Waals surface area contributed by atoms with Gasteiger partial charge in [-0.15, -0.1) is 22.9 Å². The third-order valence-corrected chi connectivity index (χ3v) is 6.78. The minimum Gasteiger partial charge on any atom is -0.496 e. The van der Waals surface area contributed by atoms with Crippen molar-refractivity contribution < 1.29 is 4.74 Å². The van der Waals surface area contributed by atoms with Gasteiger partial charge in [-0.2, -0.15) is 0 Å². The largest absolute Gasteiger partial charge is 0.496 e. The highest BCUT2D eigenvalue weighted by Crippen LogP contribution is 2.46. The summed E-state index contributed by atoms with van der Waals surface area (Å²) in [4.78, 5) is 0. The van der Waals surface area contributed by atoms with Crippen molar-refractivity contribution in [2.45, 2.75) is 19.2 Å². The second-order valence-corrected chi connectivity index (χ2v) is 9.43. The molecule has 0 aliphatic rings. The first-order valence-corrected chi connectivity index (χ1v) is 9.42. The normalized spacial score (nSPS) is 12.6. The van der Waals surface area contributed by atoms with Crippen LogP contribution in [0.25, 0.3) is 0 Å². The molecule has 0 saturated heterocycles. The van der Waals surface area contributed by atoms with Gasteiger partial charge in [0.15, 0.2) is 0 Å². The lowest BCUT2D eigenvalue weighted by molar-refractivity contribution is 0.406. The van der Waals surface area contributed by atoms with Crippen molar-refractivity contribution in [2.75, 3.05) is 7.11 Å². The molecule has 0 aliphatic heterocycles. The van der Waals surface area contributed by atoms with E-state index in [0.717, 1.165) is 40.0 Å². The van der Waals surface area contributed by atoms with E-state index in [9.17, 15) is 0 Å². The summed E-state index contributed by atoms with van der Waals surface area (Å²) in [6.45, 7) is 4.07. The van der Waals surface area contributed by atoms with Crippen LogP contribution in [-0.4, -0.2) is 7.11 Å². The maximum Gasteiger partial charge on any atom is 0.127 e. The lowest BCUT2D eigenvalue weighted by Gasteiger charge is -2.20. The summed E-state index contributed by atoms with van der Waals surface area (Å²) in [6.07, 6.45) is 0. The Bertz CT molecular complexity index is 654. The molecule has 20 heavy (non-hydrogen) atoms. The van der Waals surface area contributed by atoms with Gasteiger partial charge in [-0.05, 0) is 69.0 Å². The fraction of sp³-hybridized carbons (Fsp3) is 0.286. The summed E-state index contributed by atoms with van der Waals surface area (Å²) in [6, 6.07) is 4.10. The number of hydrogen-bond acceptors (Lipinski definition) is 2. The molecule has 1 unspecified atom stereocenters. The topological polar surface area (TPSA) is 9.23 Å². The second-order valence-electron chi connectivity index (χ2n) is 4.39. The van der Waals surface area contributed by atoms with Crippen molar-refractivity contribution in [3.8, 4) is 5.75 Å². The zero-order chi connectivity index (χ0) is 15.0. The molecule has 0 spiro atoms. The van der Waals surface area contributed by atoms with Crippen molar-refractivity contribution in [1.82, 2.24) is 0 Å². The number of alkyl halides is 1. The predicted octanol–water partition coefficient (Wildman–Crippen LogP) is 6.99. The highest BCUT2D eigenvalue weighted by Gasteiger charge is 2.24. The first-order chi connectivity index (χ1) is 9.36. The molecule has 0 amide bonds. The quantitative estimate of drug-likeness (QED) is 0.411. The average molecular weight is 503 g/mol. The third kappa shape index (κ3) is 3.12. The minimum atomic E-state index is -0.266. The van der Waals surface area contributed by atoms with E-state index in [2.05, 4.69) is 53.9 Å². The zero-order valence-electron chi connectivity index (χ0n) is 11.1. The van der Waals surface area contributed by atoms with Crippen molar-refractivity contribution in [1.29, 1.82) is 0 Å². The van der Waals surface area contributed by atoms with Crippen molar-refractivity contribution in [3.05, 3.63) is 46.4 Å². The Morgan fingerprint density at radius 2 is 1.85 bits per heavy atom. The Balaban J connectivity index is 2.65. The molecule has 1 aromatic carbocycles. The van der Waals surface area contributed by atoms with Crippen LogP contribution in [0.3, 0.4) is 0 Å². The van der Waals surface area contributed by atoms with Crippen molar-refractivity contribution in [3.63, 3.8) is 0 Å². The number of ether oxygens (including phenoxy) is 1. The molecule has 0 N–H and O–H groups in total. The molecular formula is C14H12Br3ClOS. The molecule has 0 aliphatic carbocycles. The number of benzene rings is 1. The van der Waals surface area contributed by atoms with Gasteiger partial charge in [0.25, 0.3) is 0 Å². The molecule has 1 atom stereocenters. The summed E-state index contributed by atoms with van der Waals surface area (Å²) in [7, 11) is 1.68. The number of hydrogen-bond donors (Lipinski definition) is 0. The lowest BCUT2D eigenvalue weighted by atomic mass is 9.98. The highest BCUT2D eigenvalue weighted by atomic mass is 79.9. The zero-order valence-corrected chi connectivity index (χ0v) is 17.4. The van der Waals surface area contributed by atoms with Crippen LogP contribution >= 0.6 is 70.7 Å². The molecule has 0 radical (unpaired) electrons. The van der Waals surface area contributed by atoms with E-state index in [0.29, 0.717) is 0 Å². The SMILES string of the molecule is COc1c(C)cc(Br)c(C)c1C(Cl)c1cc(Br)sc1Br. The number of aryl methyl sites for hydroxylation is 1. The summed E-state index contributed by atoms with van der Waals surface area (Å²) in [5, 5.41) is -0.266. The first-order valence-electron chi connectivity index (χ1n) is 5.79. The van der Waals surface area contributed by atoms with Crippen LogP contribution in [-0.2, 0) is 0 Å². The first kappa shape index (κ1) is 16.8. The van der Waals surface area contributed by atoms with Crippen LogP contribution in [0, 0.1) is 13.8 Å². The maximum absolute atomic E-state index is 6.74. The predicted molar refractivity (Wildman–Crippen MR) is 97.6 cm³/mol. The summed E-state index contributed by atoms with van der Waals surface area (Å²) < 4.78 is 8.70. The Hall–Kier alpha value is 0.450. The van der Waals surface area contributed by atoms with Crippen LogP contribution in [0.4, 0.5) is 0 Å². The third-order valence-electron chi connectivity index (χ3n) is 3.12. The van der Waals surface area contributed by atoms with E-state index >= 15 is 0 Å². The van der Waals surface area contributed by atoms with E-state index in [4.69, 9.17) is 16.3 Å². The van der Waals surface area contributed by atoms with Crippen LogP contribution in [0.5, 0.6) is 5.75 Å². The Kier molecular flexibility index (Phi) is 5.63. The molecule has 0 saturated carbocycles. The standard InChI is InChI=1S/C14H12Br3ClOS/c1-6-4-9(15)7(2)11(13(6)19-3)12(18)8-5-10(16)20-14(8)17/h4-5,12H,1-3H3. The van der Waals surface area contributed by atoms with Gasteiger partial charge in [-0.1, -0.05) is 15.9 Å². The Labute approximate surface area is 153 Å². The molecule has 6 heteroatoms. The Morgan fingerprint density at radius 1 is 1.20 bits per heavy atom. The van der Waals surface area contributed by atoms with E-state index in [-0.39, 0.29) is 5.38 Å². The molecular weight excluding hydrogens is 491 g/mol. The number of thiophene rings is 1. The van der Waals surface area contributed by atoms with Crippen LogP contribution in [0.15, 0.2) is 24.2 Å². The van der Waals surface area contributed by atoms with Crippen molar-refractivity contribution in [2.24, 2.45) is 0 Å². The molecule has 1 heterocycles. The van der Waals surface area contributed by atoms with E-state index in [1.807, 2.05) is 19.9 Å². The number of halogens is 4. The summed E-state index contributed by atoms with van der Waals surface area (Å²) >= 11 is 19.0. The van der Waals surface area contributed by atoms with Crippen molar-refractivity contribution >= 4 is 70.7 Å². The smallest absolute Gasteiger partial charge is 0.127 e. The average Bonchev–Trinajstić information content (AvgIpc) is 2.71. The molecule has 1 aromatic heterocycles. The van der Waals surface area contributed by atoms with Gasteiger partial charge in [-0.25, -0.2) is 0 Å². The molecule has 2 aromatic rings. The molecule has 0 bridgehead atoms. The monoisotopic (exact) mass is 500 g/mol. The van der Waals surface area contributed by atoms with E-state index in [1.165, 1.54) is 0 Å². The maximum atomic E-state index is 6.74.